The third-order valence-corrected chi connectivity index (χ3v) is 6.99. The average Bonchev–Trinajstić information content (AvgIpc) is 3.04. The fourth-order valence-corrected chi connectivity index (χ4v) is 5.28. The Morgan fingerprint density at radius 1 is 1.32 bits per heavy atom. The first-order chi connectivity index (χ1) is 11.9. The summed E-state index contributed by atoms with van der Waals surface area (Å²) in [6.07, 6.45) is 4.25. The van der Waals surface area contributed by atoms with Gasteiger partial charge in [0.25, 0.3) is 0 Å². The van der Waals surface area contributed by atoms with Gasteiger partial charge in [0, 0.05) is 24.7 Å². The molecule has 3 rings (SSSR count). The Hall–Kier alpha value is -1.15. The zero-order valence-corrected chi connectivity index (χ0v) is 15.6. The molecular weight excluding hydrogens is 362 g/mol. The van der Waals surface area contributed by atoms with E-state index in [0.717, 1.165) is 32.4 Å². The SMILES string of the molecule is O=C(NCCNS(=O)(=O)c1cccc(Cl)c1)[C@@]12CCCC[C@H]1CNC2. The molecule has 0 bridgehead atoms. The number of amides is 1. The van der Waals surface area contributed by atoms with Crippen molar-refractivity contribution in [1.82, 2.24) is 15.4 Å². The number of halogens is 1. The van der Waals surface area contributed by atoms with Gasteiger partial charge in [0.2, 0.25) is 15.9 Å². The van der Waals surface area contributed by atoms with E-state index in [1.165, 1.54) is 18.6 Å². The molecule has 1 aliphatic heterocycles. The van der Waals surface area contributed by atoms with Crippen LogP contribution in [0.3, 0.4) is 0 Å². The fraction of sp³-hybridized carbons (Fsp3) is 0.588. The molecule has 138 valence electrons. The van der Waals surface area contributed by atoms with E-state index in [9.17, 15) is 13.2 Å². The van der Waals surface area contributed by atoms with E-state index in [1.54, 1.807) is 12.1 Å². The molecule has 6 nitrogen and oxygen atoms in total. The van der Waals surface area contributed by atoms with E-state index >= 15 is 0 Å². The molecule has 8 heteroatoms. The molecule has 0 aromatic heterocycles. The minimum Gasteiger partial charge on any atom is -0.354 e. The summed E-state index contributed by atoms with van der Waals surface area (Å²) in [6.45, 7) is 2.04. The first-order valence-electron chi connectivity index (χ1n) is 8.68. The highest BCUT2D eigenvalue weighted by Crippen LogP contribution is 2.43. The van der Waals surface area contributed by atoms with Crippen LogP contribution in [-0.2, 0) is 14.8 Å². The summed E-state index contributed by atoms with van der Waals surface area (Å²) in [7, 11) is -3.62. The lowest BCUT2D eigenvalue weighted by atomic mass is 9.67. The van der Waals surface area contributed by atoms with E-state index in [4.69, 9.17) is 11.6 Å². The summed E-state index contributed by atoms with van der Waals surface area (Å²) in [4.78, 5) is 12.8. The van der Waals surface area contributed by atoms with Gasteiger partial charge in [-0.25, -0.2) is 13.1 Å². The summed E-state index contributed by atoms with van der Waals surface area (Å²) < 4.78 is 26.9. The van der Waals surface area contributed by atoms with Crippen LogP contribution in [-0.4, -0.2) is 40.5 Å². The van der Waals surface area contributed by atoms with Crippen LogP contribution in [0.5, 0.6) is 0 Å². The van der Waals surface area contributed by atoms with Gasteiger partial charge in [0.1, 0.15) is 0 Å². The van der Waals surface area contributed by atoms with Crippen LogP contribution in [0.2, 0.25) is 5.02 Å². The molecule has 25 heavy (non-hydrogen) atoms. The zero-order valence-electron chi connectivity index (χ0n) is 14.1. The Bertz CT molecular complexity index is 740. The van der Waals surface area contributed by atoms with Crippen molar-refractivity contribution in [3.63, 3.8) is 0 Å². The molecular formula is C17H24ClN3O3S. The lowest BCUT2D eigenvalue weighted by Crippen LogP contribution is -2.49. The van der Waals surface area contributed by atoms with Crippen molar-refractivity contribution in [3.05, 3.63) is 29.3 Å². The standard InChI is InChI=1S/C17H24ClN3O3S/c18-14-5-3-6-15(10-14)25(23,24)21-9-8-20-16(22)17-7-2-1-4-13(17)11-19-12-17/h3,5-6,10,13,19,21H,1-2,4,7-9,11-12H2,(H,20,22)/t13-,17+/m0/s1. The lowest BCUT2D eigenvalue weighted by molar-refractivity contribution is -0.133. The number of hydrogen-bond acceptors (Lipinski definition) is 4. The number of nitrogens with one attached hydrogen (secondary N) is 3. The van der Waals surface area contributed by atoms with Gasteiger partial charge in [-0.1, -0.05) is 30.5 Å². The topological polar surface area (TPSA) is 87.3 Å². The third kappa shape index (κ3) is 4.00. The molecule has 1 aromatic rings. The maximum Gasteiger partial charge on any atom is 0.240 e. The van der Waals surface area contributed by atoms with E-state index in [0.29, 0.717) is 10.9 Å². The third-order valence-electron chi connectivity index (χ3n) is 5.30. The molecule has 1 aromatic carbocycles. The second-order valence-electron chi connectivity index (χ2n) is 6.84. The van der Waals surface area contributed by atoms with E-state index in [1.807, 2.05) is 0 Å². The van der Waals surface area contributed by atoms with Gasteiger partial charge >= 0.3 is 0 Å². The molecule has 0 spiro atoms. The minimum absolute atomic E-state index is 0.0455. The Labute approximate surface area is 153 Å². The molecule has 2 aliphatic rings. The second kappa shape index (κ2) is 7.61. The van der Waals surface area contributed by atoms with Crippen LogP contribution in [0.1, 0.15) is 25.7 Å². The van der Waals surface area contributed by atoms with Gasteiger partial charge in [-0.15, -0.1) is 0 Å². The van der Waals surface area contributed by atoms with Crippen LogP contribution < -0.4 is 15.4 Å². The van der Waals surface area contributed by atoms with Crippen molar-refractivity contribution in [2.45, 2.75) is 30.6 Å². The van der Waals surface area contributed by atoms with Gasteiger partial charge in [0.15, 0.2) is 0 Å². The first-order valence-corrected chi connectivity index (χ1v) is 10.5. The Kier molecular flexibility index (Phi) is 5.68. The zero-order chi connectivity index (χ0) is 17.9. The maximum atomic E-state index is 12.7. The van der Waals surface area contributed by atoms with Crippen LogP contribution in [0.15, 0.2) is 29.2 Å². The fourth-order valence-electron chi connectivity index (χ4n) is 3.95. The summed E-state index contributed by atoms with van der Waals surface area (Å²) in [6, 6.07) is 6.10. The molecule has 2 atom stereocenters. The van der Waals surface area contributed by atoms with Gasteiger partial charge in [-0.3, -0.25) is 4.79 Å². The molecule has 1 heterocycles. The maximum absolute atomic E-state index is 12.7. The molecule has 1 amide bonds. The number of carbonyl (C=O) groups excluding carboxylic acids is 1. The van der Waals surface area contributed by atoms with Crippen molar-refractivity contribution >= 4 is 27.5 Å². The van der Waals surface area contributed by atoms with Crippen molar-refractivity contribution < 1.29 is 13.2 Å². The van der Waals surface area contributed by atoms with Crippen LogP contribution in [0.4, 0.5) is 0 Å². The number of carbonyl (C=O) groups is 1. The number of fused-ring (bicyclic) bond motifs is 1. The first kappa shape index (κ1) is 18.6. The number of benzene rings is 1. The molecule has 3 N–H and O–H groups in total. The van der Waals surface area contributed by atoms with Crippen molar-refractivity contribution in [3.8, 4) is 0 Å². The smallest absolute Gasteiger partial charge is 0.240 e. The highest BCUT2D eigenvalue weighted by Gasteiger charge is 2.49. The normalized spacial score (nSPS) is 26.2. The van der Waals surface area contributed by atoms with E-state index in [2.05, 4.69) is 15.4 Å². The number of rotatable bonds is 6. The summed E-state index contributed by atoms with van der Waals surface area (Å²) in [5.74, 6) is 0.438. The van der Waals surface area contributed by atoms with Crippen LogP contribution in [0.25, 0.3) is 0 Å². The highest BCUT2D eigenvalue weighted by atomic mass is 35.5. The van der Waals surface area contributed by atoms with Crippen molar-refractivity contribution in [2.24, 2.45) is 11.3 Å². The van der Waals surface area contributed by atoms with E-state index in [-0.39, 0.29) is 29.3 Å². The minimum atomic E-state index is -3.62. The van der Waals surface area contributed by atoms with Crippen molar-refractivity contribution in [1.29, 1.82) is 0 Å². The molecule has 1 saturated heterocycles. The molecule has 2 fully saturated rings. The van der Waals surface area contributed by atoms with Gasteiger partial charge in [0.05, 0.1) is 10.3 Å². The van der Waals surface area contributed by atoms with Crippen LogP contribution >= 0.6 is 11.6 Å². The monoisotopic (exact) mass is 385 g/mol. The van der Waals surface area contributed by atoms with Gasteiger partial charge in [-0.2, -0.15) is 0 Å². The second-order valence-corrected chi connectivity index (χ2v) is 9.04. The summed E-state index contributed by atoms with van der Waals surface area (Å²) in [5, 5.41) is 6.63. The largest absolute Gasteiger partial charge is 0.354 e. The highest BCUT2D eigenvalue weighted by molar-refractivity contribution is 7.89. The Morgan fingerprint density at radius 3 is 2.96 bits per heavy atom. The van der Waals surface area contributed by atoms with Gasteiger partial charge < -0.3 is 10.6 Å². The lowest BCUT2D eigenvalue weighted by Gasteiger charge is -2.37. The summed E-state index contributed by atoms with van der Waals surface area (Å²) >= 11 is 5.84. The predicted molar refractivity (Wildman–Crippen MR) is 96.9 cm³/mol. The quantitative estimate of drug-likeness (QED) is 0.648. The van der Waals surface area contributed by atoms with Crippen molar-refractivity contribution in [2.75, 3.05) is 26.2 Å². The molecule has 1 saturated carbocycles. The van der Waals surface area contributed by atoms with Crippen LogP contribution in [0, 0.1) is 11.3 Å². The molecule has 0 radical (unpaired) electrons. The predicted octanol–water partition coefficient (Wildman–Crippen LogP) is 1.51. The average molecular weight is 386 g/mol. The summed E-state index contributed by atoms with van der Waals surface area (Å²) in [5.41, 5.74) is -0.315. The van der Waals surface area contributed by atoms with Gasteiger partial charge in [-0.05, 0) is 43.5 Å². The molecule has 1 aliphatic carbocycles. The Morgan fingerprint density at radius 2 is 2.16 bits per heavy atom. The number of hydrogen-bond donors (Lipinski definition) is 3. The van der Waals surface area contributed by atoms with E-state index < -0.39 is 10.0 Å². The Balaban J connectivity index is 1.52. The number of sulfonamides is 1. The molecule has 0 unspecified atom stereocenters.